The minimum absolute atomic E-state index is 0.355. The normalized spacial score (nSPS) is 12.4. The molecule has 70 valence electrons. The molecule has 0 rings (SSSR count). The van der Waals surface area contributed by atoms with Crippen LogP contribution in [0.5, 0.6) is 0 Å². The third kappa shape index (κ3) is 6.05. The Labute approximate surface area is 69.6 Å². The number of rotatable bonds is 4. The maximum absolute atomic E-state index is 11.6. The van der Waals surface area contributed by atoms with E-state index in [1.165, 1.54) is 0 Å². The molecular weight excluding hydrogens is 169 g/mol. The van der Waals surface area contributed by atoms with Crippen molar-refractivity contribution in [2.75, 3.05) is 6.67 Å². The summed E-state index contributed by atoms with van der Waals surface area (Å²) in [5, 5.41) is 8.49. The number of halogens is 3. The molecule has 1 N–H and O–H groups in total. The summed E-state index contributed by atoms with van der Waals surface area (Å²) in [7, 11) is 0. The van der Waals surface area contributed by atoms with Crippen LogP contribution in [0, 0.1) is 11.8 Å². The first-order valence-electron chi connectivity index (χ1n) is 3.69. The molecule has 0 aliphatic carbocycles. The van der Waals surface area contributed by atoms with E-state index in [0.717, 1.165) is 0 Å². The highest BCUT2D eigenvalue weighted by molar-refractivity contribution is 5.05. The second kappa shape index (κ2) is 6.99. The Morgan fingerprint density at radius 1 is 1.25 bits per heavy atom. The van der Waals surface area contributed by atoms with E-state index in [1.807, 2.05) is 5.92 Å². The van der Waals surface area contributed by atoms with E-state index >= 15 is 0 Å². The topological polar surface area (TPSA) is 20.2 Å². The second-order valence-electron chi connectivity index (χ2n) is 2.25. The van der Waals surface area contributed by atoms with Crippen molar-refractivity contribution in [1.29, 1.82) is 0 Å². The van der Waals surface area contributed by atoms with E-state index in [2.05, 4.69) is 5.92 Å². The molecule has 4 heteroatoms. The lowest BCUT2D eigenvalue weighted by Crippen LogP contribution is -2.14. The van der Waals surface area contributed by atoms with Crippen LogP contribution >= 0.6 is 0 Å². The summed E-state index contributed by atoms with van der Waals surface area (Å²) >= 11 is 0. The zero-order valence-electron chi connectivity index (χ0n) is 6.56. The van der Waals surface area contributed by atoms with Gasteiger partial charge in [0.15, 0.2) is 6.10 Å². The highest BCUT2D eigenvalue weighted by Gasteiger charge is 2.12. The number of alkyl halides is 3. The highest BCUT2D eigenvalue weighted by Crippen LogP contribution is 1.99. The van der Waals surface area contributed by atoms with Crippen LogP contribution in [0.4, 0.5) is 13.2 Å². The van der Waals surface area contributed by atoms with Crippen LogP contribution in [0.1, 0.15) is 19.3 Å². The third-order valence-corrected chi connectivity index (χ3v) is 1.17. The van der Waals surface area contributed by atoms with Crippen LogP contribution in [0.15, 0.2) is 0 Å². The molecule has 1 unspecified atom stereocenters. The minimum Gasteiger partial charge on any atom is -0.375 e. The molecule has 0 aromatic carbocycles. The van der Waals surface area contributed by atoms with E-state index < -0.39 is 19.2 Å². The lowest BCUT2D eigenvalue weighted by Gasteiger charge is -1.98. The molecule has 0 aliphatic heterocycles. The van der Waals surface area contributed by atoms with Gasteiger partial charge in [-0.25, -0.2) is 8.78 Å². The molecule has 0 saturated heterocycles. The van der Waals surface area contributed by atoms with Gasteiger partial charge in [-0.3, -0.25) is 4.39 Å². The van der Waals surface area contributed by atoms with Gasteiger partial charge in [-0.2, -0.15) is 0 Å². The monoisotopic (exact) mass is 180 g/mol. The summed E-state index contributed by atoms with van der Waals surface area (Å²) in [4.78, 5) is 0. The van der Waals surface area contributed by atoms with E-state index in [-0.39, 0.29) is 0 Å². The fourth-order valence-electron chi connectivity index (χ4n) is 0.548. The van der Waals surface area contributed by atoms with Crippen LogP contribution in [0.2, 0.25) is 0 Å². The van der Waals surface area contributed by atoms with E-state index in [0.29, 0.717) is 19.3 Å². The van der Waals surface area contributed by atoms with E-state index in [1.54, 1.807) is 0 Å². The van der Waals surface area contributed by atoms with Crippen molar-refractivity contribution in [1.82, 2.24) is 0 Å². The van der Waals surface area contributed by atoms with Gasteiger partial charge in [0.25, 0.3) is 6.43 Å². The predicted molar refractivity (Wildman–Crippen MR) is 39.6 cm³/mol. The van der Waals surface area contributed by atoms with Gasteiger partial charge >= 0.3 is 0 Å². The zero-order valence-corrected chi connectivity index (χ0v) is 6.56. The quantitative estimate of drug-likeness (QED) is 0.516. The second-order valence-corrected chi connectivity index (χ2v) is 2.25. The van der Waals surface area contributed by atoms with Gasteiger partial charge in [-0.1, -0.05) is 5.92 Å². The van der Waals surface area contributed by atoms with Crippen molar-refractivity contribution >= 4 is 0 Å². The molecule has 0 saturated carbocycles. The van der Waals surface area contributed by atoms with Gasteiger partial charge in [0, 0.05) is 6.42 Å². The lowest BCUT2D eigenvalue weighted by molar-refractivity contribution is 0.0296. The van der Waals surface area contributed by atoms with Crippen molar-refractivity contribution in [3.05, 3.63) is 0 Å². The number of hydrogen-bond acceptors (Lipinski definition) is 1. The molecule has 1 atom stereocenters. The molecule has 0 fully saturated rings. The van der Waals surface area contributed by atoms with Crippen molar-refractivity contribution < 1.29 is 18.3 Å². The maximum atomic E-state index is 11.6. The molecule has 0 aromatic heterocycles. The van der Waals surface area contributed by atoms with Gasteiger partial charge in [0.1, 0.15) is 0 Å². The molecule has 0 amide bonds. The summed E-state index contributed by atoms with van der Waals surface area (Å²) in [6, 6.07) is 0. The lowest BCUT2D eigenvalue weighted by atomic mass is 10.2. The Balaban J connectivity index is 3.45. The van der Waals surface area contributed by atoms with Crippen LogP contribution in [0.25, 0.3) is 0 Å². The molecule has 0 radical (unpaired) electrons. The standard InChI is InChI=1S/C8H11F3O/c9-6-4-2-1-3-5-7(12)8(10)11/h7-8,12H,1-2,4,6H2. The smallest absolute Gasteiger partial charge is 0.275 e. The first-order chi connectivity index (χ1) is 5.68. The molecule has 0 spiro atoms. The Morgan fingerprint density at radius 3 is 2.42 bits per heavy atom. The number of unbranched alkanes of at least 4 members (excludes halogenated alkanes) is 2. The minimum atomic E-state index is -2.82. The van der Waals surface area contributed by atoms with E-state index in [9.17, 15) is 13.2 Å². The van der Waals surface area contributed by atoms with Gasteiger partial charge in [0.05, 0.1) is 6.67 Å². The van der Waals surface area contributed by atoms with Gasteiger partial charge in [0.2, 0.25) is 0 Å². The fourth-order valence-corrected chi connectivity index (χ4v) is 0.548. The molecule has 0 aromatic rings. The number of hydrogen-bond donors (Lipinski definition) is 1. The molecule has 0 heterocycles. The Kier molecular flexibility index (Phi) is 6.58. The Morgan fingerprint density at radius 2 is 1.92 bits per heavy atom. The van der Waals surface area contributed by atoms with Crippen molar-refractivity contribution in [2.45, 2.75) is 31.8 Å². The number of aliphatic hydroxyl groups is 1. The van der Waals surface area contributed by atoms with Gasteiger partial charge in [-0.05, 0) is 12.8 Å². The Hall–Kier alpha value is -0.690. The van der Waals surface area contributed by atoms with Gasteiger partial charge < -0.3 is 5.11 Å². The largest absolute Gasteiger partial charge is 0.375 e. The fraction of sp³-hybridized carbons (Fsp3) is 0.750. The zero-order chi connectivity index (χ0) is 9.40. The molecule has 0 bridgehead atoms. The molecule has 1 nitrogen and oxygen atoms in total. The average Bonchev–Trinajstić information content (AvgIpc) is 2.03. The van der Waals surface area contributed by atoms with Gasteiger partial charge in [-0.15, -0.1) is 5.92 Å². The third-order valence-electron chi connectivity index (χ3n) is 1.17. The SMILES string of the molecule is OC(C#CCCCCF)C(F)F. The van der Waals surface area contributed by atoms with Crippen molar-refractivity contribution in [3.63, 3.8) is 0 Å². The highest BCUT2D eigenvalue weighted by atomic mass is 19.3. The average molecular weight is 180 g/mol. The predicted octanol–water partition coefficient (Wildman–Crippen LogP) is 1.76. The summed E-state index contributed by atoms with van der Waals surface area (Å²) in [5.74, 6) is 4.33. The first-order valence-corrected chi connectivity index (χ1v) is 3.69. The molecule has 12 heavy (non-hydrogen) atoms. The van der Waals surface area contributed by atoms with Crippen molar-refractivity contribution in [2.24, 2.45) is 0 Å². The van der Waals surface area contributed by atoms with Crippen LogP contribution in [-0.2, 0) is 0 Å². The number of aliphatic hydroxyl groups excluding tert-OH is 1. The summed E-state index contributed by atoms with van der Waals surface area (Å²) < 4.78 is 34.7. The Bertz CT molecular complexity index is 159. The van der Waals surface area contributed by atoms with Crippen LogP contribution < -0.4 is 0 Å². The summed E-state index contributed by atoms with van der Waals surface area (Å²) in [6.45, 7) is -0.418. The summed E-state index contributed by atoms with van der Waals surface area (Å²) in [6.07, 6.45) is -3.40. The summed E-state index contributed by atoms with van der Waals surface area (Å²) in [5.41, 5.74) is 0. The van der Waals surface area contributed by atoms with Crippen molar-refractivity contribution in [3.8, 4) is 11.8 Å². The first kappa shape index (κ1) is 11.3. The van der Waals surface area contributed by atoms with Crippen LogP contribution in [-0.4, -0.2) is 24.3 Å². The molecule has 0 aliphatic rings. The van der Waals surface area contributed by atoms with Crippen LogP contribution in [0.3, 0.4) is 0 Å². The molecular formula is C8H11F3O. The van der Waals surface area contributed by atoms with E-state index in [4.69, 9.17) is 5.11 Å². The maximum Gasteiger partial charge on any atom is 0.275 e.